The normalized spacial score (nSPS) is 13.7. The Labute approximate surface area is 140 Å². The van der Waals surface area contributed by atoms with Gasteiger partial charge in [0.25, 0.3) is 0 Å². The molecule has 0 aromatic heterocycles. The molecule has 0 aliphatic rings. The first kappa shape index (κ1) is 19.5. The van der Waals surface area contributed by atoms with Crippen LogP contribution in [0, 0.1) is 5.41 Å². The van der Waals surface area contributed by atoms with E-state index in [9.17, 15) is 9.90 Å². The van der Waals surface area contributed by atoms with Crippen molar-refractivity contribution in [2.45, 2.75) is 66.5 Å². The summed E-state index contributed by atoms with van der Waals surface area (Å²) < 4.78 is 5.16. The summed E-state index contributed by atoms with van der Waals surface area (Å²) in [5.41, 5.74) is 1.28. The maximum absolute atomic E-state index is 12.2. The number of ether oxygens (including phenoxy) is 1. The smallest absolute Gasteiger partial charge is 0.323 e. The van der Waals surface area contributed by atoms with Crippen LogP contribution < -0.4 is 5.32 Å². The third kappa shape index (κ3) is 5.24. The van der Waals surface area contributed by atoms with Gasteiger partial charge in [-0.2, -0.15) is 0 Å². The Morgan fingerprint density at radius 3 is 2.30 bits per heavy atom. The topological polar surface area (TPSA) is 58.6 Å². The van der Waals surface area contributed by atoms with Gasteiger partial charge in [-0.1, -0.05) is 59.7 Å². The van der Waals surface area contributed by atoms with Crippen molar-refractivity contribution in [2.24, 2.45) is 5.41 Å². The zero-order chi connectivity index (χ0) is 17.8. The summed E-state index contributed by atoms with van der Waals surface area (Å²) in [4.78, 5) is 12.2. The largest absolute Gasteiger partial charge is 0.507 e. The summed E-state index contributed by atoms with van der Waals surface area (Å²) in [6.07, 6.45) is 0. The second-order valence-corrected chi connectivity index (χ2v) is 8.00. The van der Waals surface area contributed by atoms with Crippen LogP contribution in [0.3, 0.4) is 0 Å². The van der Waals surface area contributed by atoms with Gasteiger partial charge in [0.1, 0.15) is 11.8 Å². The highest BCUT2D eigenvalue weighted by molar-refractivity contribution is 5.76. The number of para-hydroxylation sites is 1. The highest BCUT2D eigenvalue weighted by Gasteiger charge is 2.32. The molecule has 1 atom stereocenters. The minimum atomic E-state index is -0.430. The Hall–Kier alpha value is -1.55. The van der Waals surface area contributed by atoms with Gasteiger partial charge in [0.05, 0.1) is 6.61 Å². The number of aromatic hydroxyl groups is 1. The average molecular weight is 321 g/mol. The molecule has 1 aromatic carbocycles. The summed E-state index contributed by atoms with van der Waals surface area (Å²) in [6, 6.07) is 5.32. The molecule has 0 spiro atoms. The number of esters is 1. The average Bonchev–Trinajstić information content (AvgIpc) is 2.38. The molecule has 2 N–H and O–H groups in total. The SMILES string of the molecule is CCOC(=O)[C@@H](NCc1cccc(C(C)(C)C)c1O)C(C)(C)C. The van der Waals surface area contributed by atoms with E-state index >= 15 is 0 Å². The van der Waals surface area contributed by atoms with Gasteiger partial charge in [-0.25, -0.2) is 0 Å². The molecule has 0 amide bonds. The van der Waals surface area contributed by atoms with Crippen molar-refractivity contribution < 1.29 is 14.6 Å². The molecular weight excluding hydrogens is 290 g/mol. The first-order valence-electron chi connectivity index (χ1n) is 8.19. The summed E-state index contributed by atoms with van der Waals surface area (Å²) >= 11 is 0. The minimum absolute atomic E-state index is 0.134. The van der Waals surface area contributed by atoms with Gasteiger partial charge in [-0.15, -0.1) is 0 Å². The fraction of sp³-hybridized carbons (Fsp3) is 0.632. The zero-order valence-electron chi connectivity index (χ0n) is 15.5. The van der Waals surface area contributed by atoms with Crippen molar-refractivity contribution in [3.8, 4) is 5.75 Å². The van der Waals surface area contributed by atoms with Gasteiger partial charge < -0.3 is 9.84 Å². The second kappa shape index (κ2) is 7.35. The Bertz CT molecular complexity index is 539. The highest BCUT2D eigenvalue weighted by atomic mass is 16.5. The second-order valence-electron chi connectivity index (χ2n) is 8.00. The number of hydrogen-bond acceptors (Lipinski definition) is 4. The molecule has 4 heteroatoms. The standard InChI is InChI=1S/C19H31NO3/c1-8-23-17(22)16(19(5,6)7)20-12-13-10-9-11-14(15(13)21)18(2,3)4/h9-11,16,20-21H,8,12H2,1-7H3/t16-/m1/s1. The third-order valence-electron chi connectivity index (χ3n) is 3.81. The predicted molar refractivity (Wildman–Crippen MR) is 93.5 cm³/mol. The van der Waals surface area contributed by atoms with E-state index in [1.807, 2.05) is 39.0 Å². The maximum atomic E-state index is 12.2. The van der Waals surface area contributed by atoms with E-state index in [0.29, 0.717) is 18.9 Å². The molecule has 0 saturated carbocycles. The molecule has 1 aromatic rings. The maximum Gasteiger partial charge on any atom is 0.323 e. The molecule has 1 rings (SSSR count). The lowest BCUT2D eigenvalue weighted by molar-refractivity contribution is -0.148. The van der Waals surface area contributed by atoms with Crippen LogP contribution in [0.15, 0.2) is 18.2 Å². The molecule has 23 heavy (non-hydrogen) atoms. The number of hydrogen-bond donors (Lipinski definition) is 2. The molecule has 0 aliphatic heterocycles. The van der Waals surface area contributed by atoms with Crippen LogP contribution >= 0.6 is 0 Å². The van der Waals surface area contributed by atoms with E-state index in [0.717, 1.165) is 11.1 Å². The Kier molecular flexibility index (Phi) is 6.23. The number of phenols is 1. The van der Waals surface area contributed by atoms with Gasteiger partial charge >= 0.3 is 5.97 Å². The summed E-state index contributed by atoms with van der Waals surface area (Å²) in [6.45, 7) is 14.7. The van der Waals surface area contributed by atoms with Crippen LogP contribution in [0.5, 0.6) is 5.75 Å². The van der Waals surface area contributed by atoms with Crippen LogP contribution in [-0.4, -0.2) is 23.7 Å². The van der Waals surface area contributed by atoms with Crippen molar-refractivity contribution in [2.75, 3.05) is 6.61 Å². The number of carbonyl (C=O) groups is 1. The molecule has 0 unspecified atom stereocenters. The van der Waals surface area contributed by atoms with Gasteiger partial charge in [-0.3, -0.25) is 10.1 Å². The van der Waals surface area contributed by atoms with Crippen LogP contribution in [0.2, 0.25) is 0 Å². The molecule has 0 heterocycles. The summed E-state index contributed by atoms with van der Waals surface area (Å²) in [7, 11) is 0. The van der Waals surface area contributed by atoms with Crippen molar-refractivity contribution in [1.82, 2.24) is 5.32 Å². The molecule has 0 saturated heterocycles. The van der Waals surface area contributed by atoms with Crippen LogP contribution in [0.4, 0.5) is 0 Å². The first-order chi connectivity index (χ1) is 10.5. The fourth-order valence-corrected chi connectivity index (χ4v) is 2.52. The van der Waals surface area contributed by atoms with Crippen molar-refractivity contribution in [1.29, 1.82) is 0 Å². The van der Waals surface area contributed by atoms with Crippen molar-refractivity contribution >= 4 is 5.97 Å². The van der Waals surface area contributed by atoms with Crippen LogP contribution in [-0.2, 0) is 21.5 Å². The van der Waals surface area contributed by atoms with Gasteiger partial charge in [-0.05, 0) is 23.3 Å². The van der Waals surface area contributed by atoms with E-state index in [1.54, 1.807) is 6.92 Å². The van der Waals surface area contributed by atoms with E-state index in [2.05, 4.69) is 26.1 Å². The lowest BCUT2D eigenvalue weighted by Gasteiger charge is -2.30. The van der Waals surface area contributed by atoms with Crippen LogP contribution in [0.1, 0.15) is 59.6 Å². The molecule has 130 valence electrons. The van der Waals surface area contributed by atoms with E-state index in [-0.39, 0.29) is 16.8 Å². The quantitative estimate of drug-likeness (QED) is 0.811. The van der Waals surface area contributed by atoms with Gasteiger partial charge in [0.2, 0.25) is 0 Å². The fourth-order valence-electron chi connectivity index (χ4n) is 2.52. The molecule has 0 fully saturated rings. The summed E-state index contributed by atoms with van der Waals surface area (Å²) in [5.74, 6) is 0.0375. The molecule has 0 radical (unpaired) electrons. The van der Waals surface area contributed by atoms with Crippen molar-refractivity contribution in [3.05, 3.63) is 29.3 Å². The molecule has 0 aliphatic carbocycles. The Balaban J connectivity index is 2.97. The molecular formula is C19H31NO3. The Morgan fingerprint density at radius 2 is 1.83 bits per heavy atom. The third-order valence-corrected chi connectivity index (χ3v) is 3.81. The van der Waals surface area contributed by atoms with E-state index in [4.69, 9.17) is 4.74 Å². The number of benzene rings is 1. The number of carbonyl (C=O) groups excluding carboxylic acids is 1. The van der Waals surface area contributed by atoms with Crippen LogP contribution in [0.25, 0.3) is 0 Å². The van der Waals surface area contributed by atoms with Gasteiger partial charge in [0, 0.05) is 12.1 Å². The number of nitrogens with one attached hydrogen (secondary N) is 1. The van der Waals surface area contributed by atoms with E-state index < -0.39 is 6.04 Å². The number of phenolic OH excluding ortho intramolecular Hbond substituents is 1. The monoisotopic (exact) mass is 321 g/mol. The zero-order valence-corrected chi connectivity index (χ0v) is 15.5. The van der Waals surface area contributed by atoms with Gasteiger partial charge in [0.15, 0.2) is 0 Å². The molecule has 4 nitrogen and oxygen atoms in total. The number of rotatable bonds is 5. The minimum Gasteiger partial charge on any atom is -0.507 e. The predicted octanol–water partition coefficient (Wildman–Crippen LogP) is 3.76. The first-order valence-corrected chi connectivity index (χ1v) is 8.19. The molecule has 0 bridgehead atoms. The Morgan fingerprint density at radius 1 is 1.22 bits per heavy atom. The highest BCUT2D eigenvalue weighted by Crippen LogP contribution is 2.33. The van der Waals surface area contributed by atoms with Crippen molar-refractivity contribution in [3.63, 3.8) is 0 Å². The lowest BCUT2D eigenvalue weighted by atomic mass is 9.84. The summed E-state index contributed by atoms with van der Waals surface area (Å²) in [5, 5.41) is 13.8. The van der Waals surface area contributed by atoms with E-state index in [1.165, 1.54) is 0 Å². The lowest BCUT2D eigenvalue weighted by Crippen LogP contribution is -2.47.